The molecular formula is C13H18N2O3. The molecule has 0 atom stereocenters. The maximum Gasteiger partial charge on any atom is 0.276 e. The highest BCUT2D eigenvalue weighted by atomic mass is 16.6. The van der Waals surface area contributed by atoms with Crippen molar-refractivity contribution in [1.82, 2.24) is 5.32 Å². The first-order chi connectivity index (χ1) is 8.60. The molecule has 0 saturated heterocycles. The average molecular weight is 250 g/mol. The van der Waals surface area contributed by atoms with Gasteiger partial charge in [-0.25, -0.2) is 0 Å². The maximum absolute atomic E-state index is 10.8. The normalized spacial score (nSPS) is 22.3. The number of benzene rings is 1. The van der Waals surface area contributed by atoms with Crippen LogP contribution in [0.4, 0.5) is 5.69 Å². The first kappa shape index (κ1) is 12.8. The minimum Gasteiger partial charge on any atom is -0.490 e. The topological polar surface area (TPSA) is 64.4 Å². The van der Waals surface area contributed by atoms with E-state index in [1.807, 2.05) is 7.05 Å². The van der Waals surface area contributed by atoms with Gasteiger partial charge in [-0.1, -0.05) is 0 Å². The number of aryl methyl sites for hydroxylation is 1. The number of ether oxygens (including phenoxy) is 1. The van der Waals surface area contributed by atoms with Crippen molar-refractivity contribution in [3.8, 4) is 5.75 Å². The Kier molecular flexibility index (Phi) is 3.81. The zero-order valence-electron chi connectivity index (χ0n) is 10.7. The second-order valence-corrected chi connectivity index (χ2v) is 4.84. The quantitative estimate of drug-likeness (QED) is 0.643. The van der Waals surface area contributed by atoms with Crippen LogP contribution in [0, 0.1) is 23.0 Å². The van der Waals surface area contributed by atoms with Crippen molar-refractivity contribution in [3.05, 3.63) is 33.9 Å². The van der Waals surface area contributed by atoms with E-state index in [4.69, 9.17) is 4.74 Å². The molecule has 1 aliphatic rings. The Morgan fingerprint density at radius 2 is 2.22 bits per heavy atom. The van der Waals surface area contributed by atoms with E-state index in [1.54, 1.807) is 19.1 Å². The molecule has 18 heavy (non-hydrogen) atoms. The van der Waals surface area contributed by atoms with Crippen LogP contribution in [0.15, 0.2) is 18.2 Å². The first-order valence-corrected chi connectivity index (χ1v) is 6.16. The minimum atomic E-state index is -0.368. The summed E-state index contributed by atoms with van der Waals surface area (Å²) < 4.78 is 5.74. The number of nitrogens with one attached hydrogen (secondary N) is 1. The number of rotatable bonds is 5. The number of nitrogens with zero attached hydrogens (tertiary/aromatic N) is 1. The summed E-state index contributed by atoms with van der Waals surface area (Å²) in [6.07, 6.45) is 2.23. The highest BCUT2D eigenvalue weighted by Gasteiger charge is 2.30. The SMILES string of the molecule is CNCC1CC(Oc2ccc(C)c([N+](=O)[O-])c2)C1. The molecular weight excluding hydrogens is 232 g/mol. The lowest BCUT2D eigenvalue weighted by Crippen LogP contribution is -2.38. The molecule has 0 heterocycles. The average Bonchev–Trinajstić information content (AvgIpc) is 2.28. The summed E-state index contributed by atoms with van der Waals surface area (Å²) in [7, 11) is 1.94. The van der Waals surface area contributed by atoms with E-state index in [0.717, 1.165) is 19.4 Å². The van der Waals surface area contributed by atoms with Gasteiger partial charge in [0, 0.05) is 5.56 Å². The van der Waals surface area contributed by atoms with Gasteiger partial charge in [-0.3, -0.25) is 10.1 Å². The summed E-state index contributed by atoms with van der Waals surface area (Å²) in [6, 6.07) is 5.05. The lowest BCUT2D eigenvalue weighted by Gasteiger charge is -2.35. The number of hydrogen-bond donors (Lipinski definition) is 1. The van der Waals surface area contributed by atoms with Crippen LogP contribution in [-0.2, 0) is 0 Å². The second-order valence-electron chi connectivity index (χ2n) is 4.84. The molecule has 0 unspecified atom stereocenters. The Hall–Kier alpha value is -1.62. The van der Waals surface area contributed by atoms with Crippen molar-refractivity contribution in [1.29, 1.82) is 0 Å². The third-order valence-corrected chi connectivity index (χ3v) is 3.37. The third-order valence-electron chi connectivity index (χ3n) is 3.37. The van der Waals surface area contributed by atoms with Gasteiger partial charge >= 0.3 is 0 Å². The molecule has 1 fully saturated rings. The summed E-state index contributed by atoms with van der Waals surface area (Å²) in [5.74, 6) is 1.26. The van der Waals surface area contributed by atoms with Gasteiger partial charge in [0.1, 0.15) is 5.75 Å². The highest BCUT2D eigenvalue weighted by molar-refractivity contribution is 5.45. The molecule has 0 spiro atoms. The number of nitro benzene ring substituents is 1. The monoisotopic (exact) mass is 250 g/mol. The molecule has 0 amide bonds. The molecule has 1 aromatic carbocycles. The van der Waals surface area contributed by atoms with Crippen molar-refractivity contribution in [2.45, 2.75) is 25.9 Å². The van der Waals surface area contributed by atoms with Crippen LogP contribution < -0.4 is 10.1 Å². The van der Waals surface area contributed by atoms with Crippen LogP contribution in [0.1, 0.15) is 18.4 Å². The lowest BCUT2D eigenvalue weighted by molar-refractivity contribution is -0.385. The van der Waals surface area contributed by atoms with Gasteiger partial charge in [-0.2, -0.15) is 0 Å². The smallest absolute Gasteiger partial charge is 0.276 e. The van der Waals surface area contributed by atoms with Gasteiger partial charge in [-0.05, 0) is 51.4 Å². The number of hydrogen-bond acceptors (Lipinski definition) is 4. The molecule has 1 saturated carbocycles. The van der Waals surface area contributed by atoms with Gasteiger partial charge in [0.15, 0.2) is 0 Å². The van der Waals surface area contributed by atoms with Crippen LogP contribution in [-0.4, -0.2) is 24.6 Å². The third kappa shape index (κ3) is 2.79. The van der Waals surface area contributed by atoms with E-state index in [1.165, 1.54) is 6.07 Å². The van der Waals surface area contributed by atoms with Crippen molar-refractivity contribution >= 4 is 5.69 Å². The Morgan fingerprint density at radius 1 is 1.50 bits per heavy atom. The van der Waals surface area contributed by atoms with E-state index in [9.17, 15) is 10.1 Å². The predicted octanol–water partition coefficient (Wildman–Crippen LogP) is 2.28. The van der Waals surface area contributed by atoms with Gasteiger partial charge in [0.05, 0.1) is 17.1 Å². The molecule has 0 bridgehead atoms. The Balaban J connectivity index is 1.95. The fraction of sp³-hybridized carbons (Fsp3) is 0.538. The van der Waals surface area contributed by atoms with E-state index in [-0.39, 0.29) is 16.7 Å². The maximum atomic E-state index is 10.8. The molecule has 0 aliphatic heterocycles. The Bertz CT molecular complexity index is 442. The van der Waals surface area contributed by atoms with E-state index in [2.05, 4.69) is 5.32 Å². The largest absolute Gasteiger partial charge is 0.490 e. The highest BCUT2D eigenvalue weighted by Crippen LogP contribution is 2.32. The van der Waals surface area contributed by atoms with Gasteiger partial charge in [0.25, 0.3) is 5.69 Å². The van der Waals surface area contributed by atoms with Crippen molar-refractivity contribution < 1.29 is 9.66 Å². The van der Waals surface area contributed by atoms with Gasteiger partial charge < -0.3 is 10.1 Å². The molecule has 1 aromatic rings. The molecule has 2 rings (SSSR count). The van der Waals surface area contributed by atoms with Crippen molar-refractivity contribution in [3.63, 3.8) is 0 Å². The number of nitro groups is 1. The van der Waals surface area contributed by atoms with E-state index >= 15 is 0 Å². The van der Waals surface area contributed by atoms with Gasteiger partial charge in [0.2, 0.25) is 0 Å². The van der Waals surface area contributed by atoms with Crippen molar-refractivity contribution in [2.24, 2.45) is 5.92 Å². The fourth-order valence-corrected chi connectivity index (χ4v) is 2.28. The molecule has 0 radical (unpaired) electrons. The second kappa shape index (κ2) is 5.35. The standard InChI is InChI=1S/C13H18N2O3/c1-9-3-4-11(7-13(9)15(16)17)18-12-5-10(6-12)8-14-2/h3-4,7,10,12,14H,5-6,8H2,1-2H3. The molecule has 98 valence electrons. The van der Waals surface area contributed by atoms with Crippen LogP contribution in [0.2, 0.25) is 0 Å². The van der Waals surface area contributed by atoms with Crippen LogP contribution in [0.25, 0.3) is 0 Å². The summed E-state index contributed by atoms with van der Waals surface area (Å²) in [6.45, 7) is 2.74. The molecule has 5 heteroatoms. The molecule has 5 nitrogen and oxygen atoms in total. The zero-order valence-corrected chi connectivity index (χ0v) is 10.7. The van der Waals surface area contributed by atoms with Crippen LogP contribution in [0.5, 0.6) is 5.75 Å². The van der Waals surface area contributed by atoms with Gasteiger partial charge in [-0.15, -0.1) is 0 Å². The zero-order chi connectivity index (χ0) is 13.1. The van der Waals surface area contributed by atoms with Crippen LogP contribution in [0.3, 0.4) is 0 Å². The fourth-order valence-electron chi connectivity index (χ4n) is 2.28. The molecule has 1 aliphatic carbocycles. The van der Waals surface area contributed by atoms with Crippen molar-refractivity contribution in [2.75, 3.05) is 13.6 Å². The summed E-state index contributed by atoms with van der Waals surface area (Å²) in [4.78, 5) is 10.5. The Labute approximate surface area is 106 Å². The van der Waals surface area contributed by atoms with Crippen LogP contribution >= 0.6 is 0 Å². The Morgan fingerprint density at radius 3 is 2.83 bits per heavy atom. The predicted molar refractivity (Wildman–Crippen MR) is 68.9 cm³/mol. The first-order valence-electron chi connectivity index (χ1n) is 6.16. The summed E-state index contributed by atoms with van der Waals surface area (Å²) in [5.41, 5.74) is 0.785. The van der Waals surface area contributed by atoms with E-state index in [0.29, 0.717) is 17.2 Å². The van der Waals surface area contributed by atoms with E-state index < -0.39 is 0 Å². The minimum absolute atomic E-state index is 0.124. The molecule has 0 aromatic heterocycles. The summed E-state index contributed by atoms with van der Waals surface area (Å²) in [5, 5.41) is 14.0. The molecule has 1 N–H and O–H groups in total. The lowest BCUT2D eigenvalue weighted by atomic mass is 9.82. The summed E-state index contributed by atoms with van der Waals surface area (Å²) >= 11 is 0.